The summed E-state index contributed by atoms with van der Waals surface area (Å²) in [6, 6.07) is 5.46. The quantitative estimate of drug-likeness (QED) is 0.466. The van der Waals surface area contributed by atoms with Crippen LogP contribution in [0.4, 0.5) is 13.2 Å². The number of hydrogen-bond donors (Lipinski definition) is 2. The highest BCUT2D eigenvalue weighted by Gasteiger charge is 2.48. The van der Waals surface area contributed by atoms with E-state index in [0.717, 1.165) is 6.07 Å². The van der Waals surface area contributed by atoms with Gasteiger partial charge < -0.3 is 19.6 Å². The molecule has 0 aliphatic carbocycles. The number of hydrogen-bond acceptors (Lipinski definition) is 6. The highest BCUT2D eigenvalue weighted by molar-refractivity contribution is 7.88. The molecule has 0 aromatic heterocycles. The maximum Gasteiger partial charge on any atom is 0.534 e. The molecule has 1 unspecified atom stereocenters. The third-order valence-electron chi connectivity index (χ3n) is 4.17. The fourth-order valence-corrected chi connectivity index (χ4v) is 3.11. The maximum absolute atomic E-state index is 12.5. The molecular formula is C17H21F3N2O5S. The molecule has 1 aromatic rings. The number of likely N-dealkylation sites (N-methyl/N-ethyl adjacent to an activating group) is 1. The number of amides is 1. The second kappa shape index (κ2) is 8.82. The van der Waals surface area contributed by atoms with Crippen molar-refractivity contribution in [3.63, 3.8) is 0 Å². The highest BCUT2D eigenvalue weighted by Crippen LogP contribution is 2.30. The normalized spacial score (nSPS) is 19.3. The Kier molecular flexibility index (Phi) is 6.94. The SMILES string of the molecule is CNC(=O)CNCC1(CCc2cccc(OS(=O)(=O)C(F)(F)F)c2)CC=CO1. The summed E-state index contributed by atoms with van der Waals surface area (Å²) in [5.74, 6) is -0.580. The molecule has 0 fully saturated rings. The minimum atomic E-state index is -5.72. The first-order chi connectivity index (χ1) is 13.1. The minimum absolute atomic E-state index is 0.125. The van der Waals surface area contributed by atoms with Gasteiger partial charge >= 0.3 is 15.6 Å². The van der Waals surface area contributed by atoms with Crippen molar-refractivity contribution in [3.8, 4) is 5.75 Å². The van der Waals surface area contributed by atoms with Crippen molar-refractivity contribution < 1.29 is 35.3 Å². The second-order valence-corrected chi connectivity index (χ2v) is 7.82. The van der Waals surface area contributed by atoms with Gasteiger partial charge in [0.1, 0.15) is 11.4 Å². The molecule has 0 radical (unpaired) electrons. The summed E-state index contributed by atoms with van der Waals surface area (Å²) >= 11 is 0. The van der Waals surface area contributed by atoms with Crippen LogP contribution in [0.2, 0.25) is 0 Å². The first-order valence-corrected chi connectivity index (χ1v) is 9.82. The van der Waals surface area contributed by atoms with Crippen LogP contribution in [-0.4, -0.2) is 45.6 Å². The molecule has 28 heavy (non-hydrogen) atoms. The summed E-state index contributed by atoms with van der Waals surface area (Å²) < 4.78 is 69.5. The average Bonchev–Trinajstić information content (AvgIpc) is 3.08. The fraction of sp³-hybridized carbons (Fsp3) is 0.471. The number of carbonyl (C=O) groups excluding carboxylic acids is 1. The Bertz CT molecular complexity index is 816. The van der Waals surface area contributed by atoms with Crippen molar-refractivity contribution in [2.75, 3.05) is 20.1 Å². The molecule has 156 valence electrons. The van der Waals surface area contributed by atoms with Crippen molar-refractivity contribution in [1.82, 2.24) is 10.6 Å². The number of rotatable bonds is 9. The first kappa shape index (κ1) is 22.0. The van der Waals surface area contributed by atoms with Crippen LogP contribution < -0.4 is 14.8 Å². The van der Waals surface area contributed by atoms with E-state index in [9.17, 15) is 26.4 Å². The van der Waals surface area contributed by atoms with Crippen LogP contribution in [0.15, 0.2) is 36.6 Å². The van der Waals surface area contributed by atoms with Gasteiger partial charge in [0, 0.05) is 20.0 Å². The van der Waals surface area contributed by atoms with E-state index in [1.165, 1.54) is 19.2 Å². The predicted octanol–water partition coefficient (Wildman–Crippen LogP) is 1.86. The van der Waals surface area contributed by atoms with E-state index in [0.29, 0.717) is 31.4 Å². The third kappa shape index (κ3) is 5.86. The molecule has 1 heterocycles. The lowest BCUT2D eigenvalue weighted by Crippen LogP contribution is -2.43. The van der Waals surface area contributed by atoms with E-state index < -0.39 is 27.0 Å². The standard InChI is InChI=1S/C17H21F3N2O5S/c1-21-15(23)11-22-12-16(7-3-9-26-16)8-6-13-4-2-5-14(10-13)27-28(24,25)17(18,19)20/h2-5,9-10,22H,6-8,11-12H2,1H3,(H,21,23). The fourth-order valence-electron chi connectivity index (χ4n) is 2.66. The van der Waals surface area contributed by atoms with Gasteiger partial charge in [-0.3, -0.25) is 4.79 Å². The Morgan fingerprint density at radius 1 is 1.36 bits per heavy atom. The van der Waals surface area contributed by atoms with Gasteiger partial charge in [0.2, 0.25) is 5.91 Å². The minimum Gasteiger partial charge on any atom is -0.494 e. The zero-order valence-corrected chi connectivity index (χ0v) is 15.9. The molecule has 1 aliphatic heterocycles. The van der Waals surface area contributed by atoms with Crippen LogP contribution >= 0.6 is 0 Å². The Morgan fingerprint density at radius 3 is 2.71 bits per heavy atom. The number of benzene rings is 1. The molecule has 11 heteroatoms. The maximum atomic E-state index is 12.5. The highest BCUT2D eigenvalue weighted by atomic mass is 32.2. The number of carbonyl (C=O) groups is 1. The second-order valence-electron chi connectivity index (χ2n) is 6.28. The number of nitrogens with one attached hydrogen (secondary N) is 2. The molecular weight excluding hydrogens is 401 g/mol. The summed E-state index contributed by atoms with van der Waals surface area (Å²) in [4.78, 5) is 11.3. The van der Waals surface area contributed by atoms with Gasteiger partial charge in [0.15, 0.2) is 0 Å². The van der Waals surface area contributed by atoms with Gasteiger partial charge in [0.05, 0.1) is 12.8 Å². The van der Waals surface area contributed by atoms with E-state index in [1.807, 2.05) is 6.08 Å². The number of ether oxygens (including phenoxy) is 1. The third-order valence-corrected chi connectivity index (χ3v) is 5.15. The van der Waals surface area contributed by atoms with Gasteiger partial charge in [-0.1, -0.05) is 12.1 Å². The summed E-state index contributed by atoms with van der Waals surface area (Å²) in [5, 5.41) is 5.50. The van der Waals surface area contributed by atoms with Crippen molar-refractivity contribution in [3.05, 3.63) is 42.2 Å². The van der Waals surface area contributed by atoms with E-state index in [1.54, 1.807) is 12.3 Å². The predicted molar refractivity (Wildman–Crippen MR) is 94.9 cm³/mol. The lowest BCUT2D eigenvalue weighted by molar-refractivity contribution is -0.119. The van der Waals surface area contributed by atoms with Crippen molar-refractivity contribution in [2.24, 2.45) is 0 Å². The topological polar surface area (TPSA) is 93.7 Å². The molecule has 1 aromatic carbocycles. The Morgan fingerprint density at radius 2 is 2.11 bits per heavy atom. The first-order valence-electron chi connectivity index (χ1n) is 8.41. The summed E-state index contributed by atoms with van der Waals surface area (Å²) in [5.41, 5.74) is -5.49. The van der Waals surface area contributed by atoms with Crippen LogP contribution in [0, 0.1) is 0 Å². The number of aryl methyl sites for hydroxylation is 1. The van der Waals surface area contributed by atoms with E-state index in [4.69, 9.17) is 4.74 Å². The monoisotopic (exact) mass is 422 g/mol. The zero-order valence-electron chi connectivity index (χ0n) is 15.1. The lowest BCUT2D eigenvalue weighted by atomic mass is 9.92. The Hall–Kier alpha value is -2.27. The van der Waals surface area contributed by atoms with Gasteiger partial charge in [-0.2, -0.15) is 21.6 Å². The zero-order chi connectivity index (χ0) is 20.8. The largest absolute Gasteiger partial charge is 0.534 e. The number of alkyl halides is 3. The summed E-state index contributed by atoms with van der Waals surface area (Å²) in [6.07, 6.45) is 4.92. The molecule has 1 aliphatic rings. The van der Waals surface area contributed by atoms with E-state index in [2.05, 4.69) is 14.8 Å². The molecule has 0 saturated heterocycles. The van der Waals surface area contributed by atoms with Crippen LogP contribution in [0.1, 0.15) is 18.4 Å². The van der Waals surface area contributed by atoms with Gasteiger partial charge in [-0.15, -0.1) is 0 Å². The van der Waals surface area contributed by atoms with Gasteiger partial charge in [-0.25, -0.2) is 0 Å². The van der Waals surface area contributed by atoms with Crippen molar-refractivity contribution in [1.29, 1.82) is 0 Å². The van der Waals surface area contributed by atoms with Gasteiger partial charge in [-0.05, 0) is 36.6 Å². The van der Waals surface area contributed by atoms with Crippen LogP contribution in [0.5, 0.6) is 5.75 Å². The van der Waals surface area contributed by atoms with Crippen LogP contribution in [-0.2, 0) is 26.1 Å². The summed E-state index contributed by atoms with van der Waals surface area (Å²) in [7, 11) is -4.19. The molecule has 0 spiro atoms. The molecule has 0 saturated carbocycles. The van der Waals surface area contributed by atoms with Crippen molar-refractivity contribution in [2.45, 2.75) is 30.4 Å². The summed E-state index contributed by atoms with van der Waals surface area (Å²) in [6.45, 7) is 0.520. The van der Waals surface area contributed by atoms with Crippen LogP contribution in [0.3, 0.4) is 0 Å². The molecule has 1 atom stereocenters. The van der Waals surface area contributed by atoms with Crippen molar-refractivity contribution >= 4 is 16.0 Å². The average molecular weight is 422 g/mol. The molecule has 0 bridgehead atoms. The Balaban J connectivity index is 1.99. The molecule has 1 amide bonds. The Labute approximate surface area is 161 Å². The smallest absolute Gasteiger partial charge is 0.494 e. The van der Waals surface area contributed by atoms with E-state index >= 15 is 0 Å². The lowest BCUT2D eigenvalue weighted by Gasteiger charge is -2.29. The molecule has 2 N–H and O–H groups in total. The van der Waals surface area contributed by atoms with Gasteiger partial charge in [0.25, 0.3) is 0 Å². The molecule has 7 nitrogen and oxygen atoms in total. The van der Waals surface area contributed by atoms with Crippen LogP contribution in [0.25, 0.3) is 0 Å². The molecule has 2 rings (SSSR count). The van der Waals surface area contributed by atoms with E-state index in [-0.39, 0.29) is 12.5 Å². The number of halogens is 3.